The largest absolute Gasteiger partial charge is 0.506 e. The lowest BCUT2D eigenvalue weighted by Crippen LogP contribution is -2.52. The van der Waals surface area contributed by atoms with Crippen molar-refractivity contribution >= 4 is 17.5 Å². The first-order valence-corrected chi connectivity index (χ1v) is 6.88. The van der Waals surface area contributed by atoms with Gasteiger partial charge in [-0.1, -0.05) is 18.5 Å². The highest BCUT2D eigenvalue weighted by molar-refractivity contribution is 6.32. The topological polar surface area (TPSA) is 43.8 Å². The molecule has 2 rings (SSSR count). The molecule has 4 nitrogen and oxygen atoms in total. The number of halogens is 1. The van der Waals surface area contributed by atoms with E-state index in [0.717, 1.165) is 26.1 Å². The second-order valence-corrected chi connectivity index (χ2v) is 5.37. The highest BCUT2D eigenvalue weighted by Crippen LogP contribution is 2.24. The van der Waals surface area contributed by atoms with E-state index in [1.807, 2.05) is 4.90 Å². The van der Waals surface area contributed by atoms with Gasteiger partial charge in [0.15, 0.2) is 0 Å². The Morgan fingerprint density at radius 1 is 1.47 bits per heavy atom. The Balaban J connectivity index is 2.13. The third-order valence-electron chi connectivity index (χ3n) is 3.73. The zero-order chi connectivity index (χ0) is 14.0. The summed E-state index contributed by atoms with van der Waals surface area (Å²) in [5.41, 5.74) is 0.530. The van der Waals surface area contributed by atoms with Crippen LogP contribution in [0.3, 0.4) is 0 Å². The van der Waals surface area contributed by atoms with Crippen LogP contribution < -0.4 is 0 Å². The SMILES string of the molecule is CCC1CN(C(=O)c2ccc(O)c(Cl)c2)CCN1C. The average Bonchev–Trinajstić information content (AvgIpc) is 2.41. The van der Waals surface area contributed by atoms with E-state index in [-0.39, 0.29) is 16.7 Å². The Morgan fingerprint density at radius 3 is 2.84 bits per heavy atom. The van der Waals surface area contributed by atoms with Gasteiger partial charge in [-0.3, -0.25) is 9.69 Å². The van der Waals surface area contributed by atoms with Crippen molar-refractivity contribution in [1.82, 2.24) is 9.80 Å². The summed E-state index contributed by atoms with van der Waals surface area (Å²) in [6.07, 6.45) is 1.02. The summed E-state index contributed by atoms with van der Waals surface area (Å²) in [6, 6.07) is 5.01. The van der Waals surface area contributed by atoms with Gasteiger partial charge in [0.2, 0.25) is 0 Å². The summed E-state index contributed by atoms with van der Waals surface area (Å²) in [5.74, 6) is -0.0171. The molecule has 1 heterocycles. The van der Waals surface area contributed by atoms with Crippen molar-refractivity contribution < 1.29 is 9.90 Å². The van der Waals surface area contributed by atoms with Crippen LogP contribution in [0.4, 0.5) is 0 Å². The molecule has 0 spiro atoms. The Labute approximate surface area is 118 Å². The molecule has 0 saturated carbocycles. The second-order valence-electron chi connectivity index (χ2n) is 4.96. The molecule has 1 amide bonds. The molecule has 1 N–H and O–H groups in total. The van der Waals surface area contributed by atoms with E-state index in [0.29, 0.717) is 11.6 Å². The molecule has 0 aliphatic carbocycles. The van der Waals surface area contributed by atoms with E-state index in [4.69, 9.17) is 11.6 Å². The number of phenols is 1. The van der Waals surface area contributed by atoms with Crippen molar-refractivity contribution in [1.29, 1.82) is 0 Å². The normalized spacial score (nSPS) is 20.6. The third-order valence-corrected chi connectivity index (χ3v) is 4.03. The summed E-state index contributed by atoms with van der Waals surface area (Å²) < 4.78 is 0. The molecule has 1 aliphatic heterocycles. The fourth-order valence-electron chi connectivity index (χ4n) is 2.39. The van der Waals surface area contributed by atoms with Crippen molar-refractivity contribution in [2.24, 2.45) is 0 Å². The molecule has 19 heavy (non-hydrogen) atoms. The van der Waals surface area contributed by atoms with E-state index in [1.165, 1.54) is 12.1 Å². The van der Waals surface area contributed by atoms with Gasteiger partial charge in [0.1, 0.15) is 5.75 Å². The van der Waals surface area contributed by atoms with E-state index in [1.54, 1.807) is 6.07 Å². The van der Waals surface area contributed by atoms with Crippen LogP contribution in [0.5, 0.6) is 5.75 Å². The first-order valence-electron chi connectivity index (χ1n) is 6.51. The summed E-state index contributed by atoms with van der Waals surface area (Å²) in [5, 5.41) is 9.60. The fraction of sp³-hybridized carbons (Fsp3) is 0.500. The molecule has 1 aromatic rings. The predicted molar refractivity (Wildman–Crippen MR) is 75.7 cm³/mol. The van der Waals surface area contributed by atoms with E-state index in [2.05, 4.69) is 18.9 Å². The number of likely N-dealkylation sites (N-methyl/N-ethyl adjacent to an activating group) is 1. The quantitative estimate of drug-likeness (QED) is 0.904. The van der Waals surface area contributed by atoms with E-state index < -0.39 is 0 Å². The molecule has 1 unspecified atom stereocenters. The number of carbonyl (C=O) groups is 1. The van der Waals surface area contributed by atoms with Gasteiger partial charge in [-0.2, -0.15) is 0 Å². The standard InChI is InChI=1S/C14H19ClN2O2/c1-3-11-9-17(7-6-16(11)2)14(19)10-4-5-13(18)12(15)8-10/h4-5,8,11,18H,3,6-7,9H2,1-2H3. The average molecular weight is 283 g/mol. The summed E-state index contributed by atoms with van der Waals surface area (Å²) in [6.45, 7) is 4.48. The fourth-order valence-corrected chi connectivity index (χ4v) is 2.57. The number of nitrogens with zero attached hydrogens (tertiary/aromatic N) is 2. The van der Waals surface area contributed by atoms with Gasteiger partial charge in [-0.05, 0) is 31.7 Å². The molecule has 1 atom stereocenters. The summed E-state index contributed by atoms with van der Waals surface area (Å²) in [7, 11) is 2.09. The number of rotatable bonds is 2. The predicted octanol–water partition coefficient (Wildman–Crippen LogP) is 2.21. The zero-order valence-electron chi connectivity index (χ0n) is 11.3. The summed E-state index contributed by atoms with van der Waals surface area (Å²) >= 11 is 5.85. The molecule has 0 bridgehead atoms. The highest BCUT2D eigenvalue weighted by Gasteiger charge is 2.26. The lowest BCUT2D eigenvalue weighted by molar-refractivity contribution is 0.0542. The number of hydrogen-bond donors (Lipinski definition) is 1. The number of benzene rings is 1. The summed E-state index contributed by atoms with van der Waals surface area (Å²) in [4.78, 5) is 16.5. The minimum atomic E-state index is -0.0200. The van der Waals surface area contributed by atoms with Gasteiger partial charge in [-0.25, -0.2) is 0 Å². The van der Waals surface area contributed by atoms with Gasteiger partial charge >= 0.3 is 0 Å². The molecule has 0 radical (unpaired) electrons. The lowest BCUT2D eigenvalue weighted by atomic mass is 10.1. The maximum absolute atomic E-state index is 12.4. The van der Waals surface area contributed by atoms with Crippen LogP contribution in [-0.4, -0.2) is 53.5 Å². The molecule has 1 aromatic carbocycles. The Kier molecular flexibility index (Phi) is 4.32. The number of hydrogen-bond acceptors (Lipinski definition) is 3. The smallest absolute Gasteiger partial charge is 0.254 e. The highest BCUT2D eigenvalue weighted by atomic mass is 35.5. The van der Waals surface area contributed by atoms with E-state index >= 15 is 0 Å². The van der Waals surface area contributed by atoms with Gasteiger partial charge in [-0.15, -0.1) is 0 Å². The molecule has 0 aromatic heterocycles. The maximum Gasteiger partial charge on any atom is 0.254 e. The van der Waals surface area contributed by atoms with Crippen LogP contribution >= 0.6 is 11.6 Å². The number of aromatic hydroxyl groups is 1. The van der Waals surface area contributed by atoms with E-state index in [9.17, 15) is 9.90 Å². The number of piperazine rings is 1. The minimum Gasteiger partial charge on any atom is -0.506 e. The van der Waals surface area contributed by atoms with Crippen molar-refractivity contribution in [3.63, 3.8) is 0 Å². The van der Waals surface area contributed by atoms with Crippen LogP contribution in [0.2, 0.25) is 5.02 Å². The third kappa shape index (κ3) is 3.01. The lowest BCUT2D eigenvalue weighted by Gasteiger charge is -2.39. The monoisotopic (exact) mass is 282 g/mol. The molecule has 5 heteroatoms. The van der Waals surface area contributed by atoms with Crippen LogP contribution in [0, 0.1) is 0 Å². The van der Waals surface area contributed by atoms with Gasteiger partial charge < -0.3 is 10.0 Å². The Bertz CT molecular complexity index is 479. The molecule has 1 fully saturated rings. The molecule has 104 valence electrons. The molecule has 1 saturated heterocycles. The van der Waals surface area contributed by atoms with Crippen molar-refractivity contribution in [2.75, 3.05) is 26.7 Å². The van der Waals surface area contributed by atoms with Crippen molar-refractivity contribution in [3.05, 3.63) is 28.8 Å². The van der Waals surface area contributed by atoms with Gasteiger partial charge in [0.25, 0.3) is 5.91 Å². The minimum absolute atomic E-state index is 0.00280. The van der Waals surface area contributed by atoms with Crippen LogP contribution in [0.1, 0.15) is 23.7 Å². The first-order chi connectivity index (χ1) is 9.02. The first kappa shape index (κ1) is 14.2. The van der Waals surface area contributed by atoms with Crippen LogP contribution in [0.25, 0.3) is 0 Å². The van der Waals surface area contributed by atoms with Gasteiger partial charge in [0, 0.05) is 31.2 Å². The Morgan fingerprint density at radius 2 is 2.21 bits per heavy atom. The van der Waals surface area contributed by atoms with Crippen molar-refractivity contribution in [3.8, 4) is 5.75 Å². The maximum atomic E-state index is 12.4. The second kappa shape index (κ2) is 5.80. The number of amides is 1. The molecular formula is C14H19ClN2O2. The zero-order valence-corrected chi connectivity index (χ0v) is 12.0. The molecular weight excluding hydrogens is 264 g/mol. The molecule has 1 aliphatic rings. The van der Waals surface area contributed by atoms with Crippen molar-refractivity contribution in [2.45, 2.75) is 19.4 Å². The number of phenolic OH excluding ortho intramolecular Hbond substituents is 1. The van der Waals surface area contributed by atoms with Crippen LogP contribution in [-0.2, 0) is 0 Å². The van der Waals surface area contributed by atoms with Gasteiger partial charge in [0.05, 0.1) is 5.02 Å². The van der Waals surface area contributed by atoms with Crippen LogP contribution in [0.15, 0.2) is 18.2 Å². The Hall–Kier alpha value is -1.26. The number of carbonyl (C=O) groups excluding carboxylic acids is 1.